The van der Waals surface area contributed by atoms with Crippen LogP contribution in [0.5, 0.6) is 0 Å². The standard InChI is InChI=1S/C18H16BrN3O/c1-13-20-10-11-22(13)17-8-2-14(3-9-17)12-21-18(23)15-4-6-16(19)7-5-15/h2-11H,12H2,1H3,(H,21,23). The Balaban J connectivity index is 1.64. The van der Waals surface area contributed by atoms with Crippen molar-refractivity contribution in [3.8, 4) is 5.69 Å². The number of aromatic nitrogens is 2. The quantitative estimate of drug-likeness (QED) is 0.758. The zero-order chi connectivity index (χ0) is 16.2. The number of rotatable bonds is 4. The predicted octanol–water partition coefficient (Wildman–Crippen LogP) is 3.87. The van der Waals surface area contributed by atoms with Gasteiger partial charge in [0.15, 0.2) is 0 Å². The molecule has 23 heavy (non-hydrogen) atoms. The highest BCUT2D eigenvalue weighted by Gasteiger charge is 2.05. The molecule has 0 fully saturated rings. The third-order valence-electron chi connectivity index (χ3n) is 3.60. The molecule has 0 aliphatic heterocycles. The van der Waals surface area contributed by atoms with Gasteiger partial charge in [-0.3, -0.25) is 4.79 Å². The number of nitrogens with one attached hydrogen (secondary N) is 1. The zero-order valence-electron chi connectivity index (χ0n) is 12.7. The van der Waals surface area contributed by atoms with E-state index < -0.39 is 0 Å². The minimum Gasteiger partial charge on any atom is -0.348 e. The number of hydrogen-bond acceptors (Lipinski definition) is 2. The van der Waals surface area contributed by atoms with Gasteiger partial charge in [-0.1, -0.05) is 28.1 Å². The Labute approximate surface area is 143 Å². The second-order valence-electron chi connectivity index (χ2n) is 5.20. The number of amides is 1. The van der Waals surface area contributed by atoms with Crippen LogP contribution >= 0.6 is 15.9 Å². The summed E-state index contributed by atoms with van der Waals surface area (Å²) in [5.74, 6) is 0.869. The number of hydrogen-bond donors (Lipinski definition) is 1. The van der Waals surface area contributed by atoms with Gasteiger partial charge >= 0.3 is 0 Å². The minimum atomic E-state index is -0.0768. The second kappa shape index (κ2) is 6.79. The molecule has 1 amide bonds. The van der Waals surface area contributed by atoms with Gasteiger partial charge in [-0.25, -0.2) is 4.98 Å². The average molecular weight is 370 g/mol. The molecule has 3 rings (SSSR count). The molecule has 4 nitrogen and oxygen atoms in total. The van der Waals surface area contributed by atoms with Crippen molar-refractivity contribution in [3.63, 3.8) is 0 Å². The topological polar surface area (TPSA) is 46.9 Å². The van der Waals surface area contributed by atoms with Crippen LogP contribution < -0.4 is 5.32 Å². The number of halogens is 1. The van der Waals surface area contributed by atoms with Crippen molar-refractivity contribution < 1.29 is 4.79 Å². The molecule has 2 aromatic carbocycles. The highest BCUT2D eigenvalue weighted by Crippen LogP contribution is 2.13. The Hall–Kier alpha value is -2.40. The first-order chi connectivity index (χ1) is 11.1. The fraction of sp³-hybridized carbons (Fsp3) is 0.111. The van der Waals surface area contributed by atoms with E-state index in [0.29, 0.717) is 12.1 Å². The number of carbonyl (C=O) groups is 1. The summed E-state index contributed by atoms with van der Waals surface area (Å²) >= 11 is 3.36. The largest absolute Gasteiger partial charge is 0.348 e. The maximum absolute atomic E-state index is 12.1. The summed E-state index contributed by atoms with van der Waals surface area (Å²) in [5.41, 5.74) is 2.76. The molecule has 1 aromatic heterocycles. The highest BCUT2D eigenvalue weighted by molar-refractivity contribution is 9.10. The summed E-state index contributed by atoms with van der Waals surface area (Å²) in [5, 5.41) is 2.93. The molecule has 0 saturated carbocycles. The zero-order valence-corrected chi connectivity index (χ0v) is 14.2. The SMILES string of the molecule is Cc1nccn1-c1ccc(CNC(=O)c2ccc(Br)cc2)cc1. The average Bonchev–Trinajstić information content (AvgIpc) is 3.00. The number of benzene rings is 2. The molecule has 1 heterocycles. The Morgan fingerprint density at radius 2 is 1.83 bits per heavy atom. The van der Waals surface area contributed by atoms with Crippen molar-refractivity contribution in [2.45, 2.75) is 13.5 Å². The molecule has 0 bridgehead atoms. The van der Waals surface area contributed by atoms with Gasteiger partial charge < -0.3 is 9.88 Å². The fourth-order valence-corrected chi connectivity index (χ4v) is 2.58. The van der Waals surface area contributed by atoms with Crippen LogP contribution in [0, 0.1) is 6.92 Å². The van der Waals surface area contributed by atoms with E-state index in [2.05, 4.69) is 26.2 Å². The van der Waals surface area contributed by atoms with Crippen LogP contribution in [0.4, 0.5) is 0 Å². The molecular weight excluding hydrogens is 354 g/mol. The van der Waals surface area contributed by atoms with Crippen LogP contribution in [-0.4, -0.2) is 15.5 Å². The summed E-state index contributed by atoms with van der Waals surface area (Å²) < 4.78 is 2.98. The Morgan fingerprint density at radius 3 is 2.43 bits per heavy atom. The third kappa shape index (κ3) is 3.68. The molecule has 0 aliphatic carbocycles. The summed E-state index contributed by atoms with van der Waals surface area (Å²) in [7, 11) is 0. The van der Waals surface area contributed by atoms with Gasteiger partial charge in [-0.05, 0) is 48.9 Å². The van der Waals surface area contributed by atoms with Crippen LogP contribution in [0.15, 0.2) is 65.4 Å². The predicted molar refractivity (Wildman–Crippen MR) is 93.6 cm³/mol. The molecule has 3 aromatic rings. The lowest BCUT2D eigenvalue weighted by atomic mass is 10.2. The Kier molecular flexibility index (Phi) is 4.57. The van der Waals surface area contributed by atoms with Crippen LogP contribution in [0.1, 0.15) is 21.7 Å². The van der Waals surface area contributed by atoms with Gasteiger partial charge in [-0.2, -0.15) is 0 Å². The third-order valence-corrected chi connectivity index (χ3v) is 4.13. The van der Waals surface area contributed by atoms with Gasteiger partial charge in [0.25, 0.3) is 5.91 Å². The summed E-state index contributed by atoms with van der Waals surface area (Å²) in [4.78, 5) is 16.3. The van der Waals surface area contributed by atoms with Crippen LogP contribution in [0.25, 0.3) is 5.69 Å². The number of carbonyl (C=O) groups excluding carboxylic acids is 1. The summed E-state index contributed by atoms with van der Waals surface area (Å²) in [6.07, 6.45) is 3.71. The number of nitrogens with zero attached hydrogens (tertiary/aromatic N) is 2. The Bertz CT molecular complexity index is 807. The van der Waals surface area contributed by atoms with E-state index in [9.17, 15) is 4.79 Å². The molecule has 116 valence electrons. The lowest BCUT2D eigenvalue weighted by molar-refractivity contribution is 0.0951. The van der Waals surface area contributed by atoms with Gasteiger partial charge in [0.2, 0.25) is 0 Å². The van der Waals surface area contributed by atoms with E-state index in [1.54, 1.807) is 18.3 Å². The summed E-state index contributed by atoms with van der Waals surface area (Å²) in [6.45, 7) is 2.46. The molecule has 5 heteroatoms. The van der Waals surface area contributed by atoms with Gasteiger partial charge in [0, 0.05) is 34.7 Å². The molecule has 0 atom stereocenters. The van der Waals surface area contributed by atoms with Crippen molar-refractivity contribution in [2.24, 2.45) is 0 Å². The lowest BCUT2D eigenvalue weighted by Gasteiger charge is -2.08. The molecule has 0 unspecified atom stereocenters. The van der Waals surface area contributed by atoms with Gasteiger partial charge in [0.1, 0.15) is 5.82 Å². The van der Waals surface area contributed by atoms with Crippen molar-refractivity contribution >= 4 is 21.8 Å². The van der Waals surface area contributed by atoms with E-state index in [1.807, 2.05) is 54.1 Å². The molecule has 0 radical (unpaired) electrons. The van der Waals surface area contributed by atoms with E-state index in [-0.39, 0.29) is 5.91 Å². The summed E-state index contributed by atoms with van der Waals surface area (Å²) in [6, 6.07) is 15.4. The molecular formula is C18H16BrN3O. The van der Waals surface area contributed by atoms with Crippen LogP contribution in [0.3, 0.4) is 0 Å². The van der Waals surface area contributed by atoms with Gasteiger partial charge in [0.05, 0.1) is 0 Å². The highest BCUT2D eigenvalue weighted by atomic mass is 79.9. The number of imidazole rings is 1. The van der Waals surface area contributed by atoms with Crippen LogP contribution in [0.2, 0.25) is 0 Å². The first kappa shape index (κ1) is 15.5. The lowest BCUT2D eigenvalue weighted by Crippen LogP contribution is -2.22. The normalized spacial score (nSPS) is 10.5. The molecule has 0 saturated heterocycles. The van der Waals surface area contributed by atoms with E-state index in [1.165, 1.54) is 0 Å². The monoisotopic (exact) mass is 369 g/mol. The van der Waals surface area contributed by atoms with Crippen molar-refractivity contribution in [3.05, 3.63) is 82.3 Å². The van der Waals surface area contributed by atoms with E-state index >= 15 is 0 Å². The van der Waals surface area contributed by atoms with Gasteiger partial charge in [-0.15, -0.1) is 0 Å². The van der Waals surface area contributed by atoms with Crippen LogP contribution in [-0.2, 0) is 6.54 Å². The number of aryl methyl sites for hydroxylation is 1. The first-order valence-electron chi connectivity index (χ1n) is 7.26. The maximum atomic E-state index is 12.1. The van der Waals surface area contributed by atoms with E-state index in [4.69, 9.17) is 0 Å². The molecule has 1 N–H and O–H groups in total. The minimum absolute atomic E-state index is 0.0768. The van der Waals surface area contributed by atoms with Crippen molar-refractivity contribution in [1.29, 1.82) is 0 Å². The second-order valence-corrected chi connectivity index (χ2v) is 6.12. The molecule has 0 aliphatic rings. The van der Waals surface area contributed by atoms with E-state index in [0.717, 1.165) is 21.5 Å². The van der Waals surface area contributed by atoms with Crippen molar-refractivity contribution in [2.75, 3.05) is 0 Å². The first-order valence-corrected chi connectivity index (χ1v) is 8.06. The van der Waals surface area contributed by atoms with Crippen molar-refractivity contribution in [1.82, 2.24) is 14.9 Å². The molecule has 0 spiro atoms. The fourth-order valence-electron chi connectivity index (χ4n) is 2.31. The maximum Gasteiger partial charge on any atom is 0.251 e. The smallest absolute Gasteiger partial charge is 0.251 e. The Morgan fingerprint density at radius 1 is 1.13 bits per heavy atom.